The van der Waals surface area contributed by atoms with Gasteiger partial charge in [0.05, 0.1) is 45.7 Å². The predicted molar refractivity (Wildman–Crippen MR) is 135 cm³/mol. The number of anilines is 2. The van der Waals surface area contributed by atoms with Gasteiger partial charge in [0, 0.05) is 22.9 Å². The first-order valence-corrected chi connectivity index (χ1v) is 12.9. The molecule has 0 amide bonds. The molecule has 6 rings (SSSR count). The normalized spacial score (nSPS) is 19.1. The zero-order valence-corrected chi connectivity index (χ0v) is 20.4. The standard InChI is InChI=1S/C22H21ClN8OS2/c23-16-12(2-1-11-15(16)20(32)28-9-27-11)34-21-19(25)30-14(8-26-21)31-5-3-22(4-6-31)7-13-17(18(22)24)29-10-33-13/h1-2,8-10,18H,3-7,24H2,(H2,25,30)(H,27,28,32)/t18-/m1/s1. The molecule has 1 aromatic carbocycles. The minimum atomic E-state index is -0.289. The molecule has 5 N–H and O–H groups in total. The summed E-state index contributed by atoms with van der Waals surface area (Å²) in [6.45, 7) is 1.69. The van der Waals surface area contributed by atoms with Gasteiger partial charge in [-0.25, -0.2) is 19.9 Å². The van der Waals surface area contributed by atoms with E-state index in [9.17, 15) is 4.79 Å². The number of H-pyrrole nitrogens is 1. The monoisotopic (exact) mass is 512 g/mol. The van der Waals surface area contributed by atoms with Crippen LogP contribution in [0.15, 0.2) is 44.9 Å². The Labute approximate surface area is 208 Å². The molecule has 0 bridgehead atoms. The molecular formula is C22H21ClN8OS2. The van der Waals surface area contributed by atoms with Gasteiger partial charge in [0.1, 0.15) is 10.8 Å². The van der Waals surface area contributed by atoms with Gasteiger partial charge in [-0.05, 0) is 36.8 Å². The first-order valence-electron chi connectivity index (χ1n) is 10.8. The van der Waals surface area contributed by atoms with E-state index < -0.39 is 0 Å². The number of aromatic nitrogens is 5. The Hall–Kier alpha value is -2.73. The molecule has 1 fully saturated rings. The van der Waals surface area contributed by atoms with E-state index in [-0.39, 0.29) is 17.0 Å². The minimum Gasteiger partial charge on any atom is -0.381 e. The van der Waals surface area contributed by atoms with E-state index >= 15 is 0 Å². The molecule has 174 valence electrons. The zero-order chi connectivity index (χ0) is 23.4. The second-order valence-electron chi connectivity index (χ2n) is 8.69. The molecule has 2 aliphatic rings. The molecule has 34 heavy (non-hydrogen) atoms. The average molecular weight is 513 g/mol. The van der Waals surface area contributed by atoms with E-state index in [1.54, 1.807) is 29.7 Å². The van der Waals surface area contributed by atoms with Gasteiger partial charge in [-0.3, -0.25) is 4.79 Å². The number of nitrogen functional groups attached to an aromatic ring is 1. The van der Waals surface area contributed by atoms with Gasteiger partial charge in [-0.15, -0.1) is 11.3 Å². The van der Waals surface area contributed by atoms with Crippen molar-refractivity contribution in [3.63, 3.8) is 0 Å². The van der Waals surface area contributed by atoms with Crippen LogP contribution < -0.4 is 21.9 Å². The van der Waals surface area contributed by atoms with Crippen LogP contribution in [0.5, 0.6) is 0 Å². The van der Waals surface area contributed by atoms with E-state index in [1.165, 1.54) is 23.0 Å². The Morgan fingerprint density at radius 1 is 1.24 bits per heavy atom. The number of nitrogens with two attached hydrogens (primary N) is 2. The van der Waals surface area contributed by atoms with Gasteiger partial charge in [0.2, 0.25) is 0 Å². The maximum absolute atomic E-state index is 12.2. The highest BCUT2D eigenvalue weighted by Crippen LogP contribution is 2.51. The molecule has 4 aromatic rings. The lowest BCUT2D eigenvalue weighted by molar-refractivity contribution is 0.186. The first kappa shape index (κ1) is 21.8. The van der Waals surface area contributed by atoms with Gasteiger partial charge < -0.3 is 21.4 Å². The molecule has 12 heteroatoms. The van der Waals surface area contributed by atoms with Gasteiger partial charge >= 0.3 is 0 Å². The average Bonchev–Trinajstić information content (AvgIpc) is 3.38. The largest absolute Gasteiger partial charge is 0.381 e. The predicted octanol–water partition coefficient (Wildman–Crippen LogP) is 3.40. The topological polar surface area (TPSA) is 140 Å². The molecule has 0 radical (unpaired) electrons. The number of nitrogens with zero attached hydrogens (tertiary/aromatic N) is 5. The lowest BCUT2D eigenvalue weighted by Crippen LogP contribution is -2.44. The molecule has 1 atom stereocenters. The van der Waals surface area contributed by atoms with Gasteiger partial charge in [-0.1, -0.05) is 23.4 Å². The summed E-state index contributed by atoms with van der Waals surface area (Å²) >= 11 is 9.49. The third kappa shape index (κ3) is 3.46. The molecule has 1 saturated heterocycles. The Kier molecular flexibility index (Phi) is 5.25. The molecule has 0 unspecified atom stereocenters. The SMILES string of the molecule is Nc1nc(N2CCC3(CC2)Cc2scnc2[C@H]3N)cnc1Sc1ccc2nc[nH]c(=O)c2c1Cl. The van der Waals surface area contributed by atoms with Crippen molar-refractivity contribution in [2.24, 2.45) is 11.1 Å². The van der Waals surface area contributed by atoms with E-state index in [0.29, 0.717) is 31.7 Å². The van der Waals surface area contributed by atoms with Crippen LogP contribution in [-0.4, -0.2) is 38.0 Å². The van der Waals surface area contributed by atoms with Crippen LogP contribution in [0.25, 0.3) is 10.9 Å². The summed E-state index contributed by atoms with van der Waals surface area (Å²) in [4.78, 5) is 36.8. The number of nitrogens with one attached hydrogen (secondary N) is 1. The van der Waals surface area contributed by atoms with Crippen LogP contribution in [0, 0.1) is 5.41 Å². The van der Waals surface area contributed by atoms with Crippen LogP contribution in [0.2, 0.25) is 5.02 Å². The summed E-state index contributed by atoms with van der Waals surface area (Å²) in [7, 11) is 0. The lowest BCUT2D eigenvalue weighted by Gasteiger charge is -2.42. The van der Waals surface area contributed by atoms with Gasteiger partial charge in [0.15, 0.2) is 5.82 Å². The van der Waals surface area contributed by atoms with Crippen molar-refractivity contribution in [2.45, 2.75) is 35.2 Å². The number of aromatic amines is 1. The van der Waals surface area contributed by atoms with Crippen molar-refractivity contribution in [3.8, 4) is 0 Å². The number of fused-ring (bicyclic) bond motifs is 2. The highest BCUT2D eigenvalue weighted by Gasteiger charge is 2.47. The molecular weight excluding hydrogens is 492 g/mol. The maximum atomic E-state index is 12.2. The van der Waals surface area contributed by atoms with Crippen molar-refractivity contribution < 1.29 is 0 Å². The van der Waals surface area contributed by atoms with E-state index in [2.05, 4.69) is 29.8 Å². The Morgan fingerprint density at radius 3 is 2.82 bits per heavy atom. The fourth-order valence-electron chi connectivity index (χ4n) is 4.95. The second kappa shape index (κ2) is 8.19. The van der Waals surface area contributed by atoms with E-state index in [4.69, 9.17) is 23.1 Å². The fraction of sp³-hybridized carbons (Fsp3) is 0.318. The number of hydrogen-bond donors (Lipinski definition) is 3. The zero-order valence-electron chi connectivity index (χ0n) is 18.0. The molecule has 4 heterocycles. The Bertz CT molecular complexity index is 1460. The first-order chi connectivity index (χ1) is 16.4. The highest BCUT2D eigenvalue weighted by molar-refractivity contribution is 7.99. The van der Waals surface area contributed by atoms with Crippen molar-refractivity contribution in [1.29, 1.82) is 0 Å². The maximum Gasteiger partial charge on any atom is 0.260 e. The summed E-state index contributed by atoms with van der Waals surface area (Å²) in [6, 6.07) is 3.56. The number of piperidine rings is 1. The van der Waals surface area contributed by atoms with Gasteiger partial charge in [0.25, 0.3) is 5.56 Å². The van der Waals surface area contributed by atoms with Crippen molar-refractivity contribution in [3.05, 3.63) is 56.1 Å². The summed E-state index contributed by atoms with van der Waals surface area (Å²) < 4.78 is 0. The van der Waals surface area contributed by atoms with Gasteiger partial charge in [-0.2, -0.15) is 0 Å². The molecule has 1 aliphatic carbocycles. The smallest absolute Gasteiger partial charge is 0.260 e. The van der Waals surface area contributed by atoms with Crippen molar-refractivity contribution in [2.75, 3.05) is 23.7 Å². The van der Waals surface area contributed by atoms with Crippen LogP contribution in [0.1, 0.15) is 29.5 Å². The van der Waals surface area contributed by atoms with Crippen molar-refractivity contribution >= 4 is 57.2 Å². The third-order valence-electron chi connectivity index (χ3n) is 6.89. The molecule has 0 saturated carbocycles. The van der Waals surface area contributed by atoms with E-state index in [1.807, 2.05) is 5.51 Å². The third-order valence-corrected chi connectivity index (χ3v) is 9.31. The summed E-state index contributed by atoms with van der Waals surface area (Å²) in [5.74, 6) is 1.07. The summed E-state index contributed by atoms with van der Waals surface area (Å²) in [6.07, 6.45) is 6.06. The Morgan fingerprint density at radius 2 is 2.06 bits per heavy atom. The van der Waals surface area contributed by atoms with E-state index in [0.717, 1.165) is 43.9 Å². The number of halogens is 1. The van der Waals surface area contributed by atoms with Crippen LogP contribution in [0.3, 0.4) is 0 Å². The molecule has 1 aliphatic heterocycles. The number of benzene rings is 1. The summed E-state index contributed by atoms with van der Waals surface area (Å²) in [5.41, 5.74) is 16.2. The van der Waals surface area contributed by atoms with Crippen LogP contribution in [0.4, 0.5) is 11.6 Å². The number of thiazole rings is 1. The fourth-order valence-corrected chi connectivity index (χ4v) is 7.07. The number of hydrogen-bond acceptors (Lipinski definition) is 10. The summed E-state index contributed by atoms with van der Waals surface area (Å²) in [5, 5.41) is 1.20. The molecule has 1 spiro atoms. The lowest BCUT2D eigenvalue weighted by atomic mass is 9.73. The number of rotatable bonds is 3. The van der Waals surface area contributed by atoms with Crippen molar-refractivity contribution in [1.82, 2.24) is 24.9 Å². The van der Waals surface area contributed by atoms with Crippen LogP contribution >= 0.6 is 34.7 Å². The van der Waals surface area contributed by atoms with Crippen LogP contribution in [-0.2, 0) is 6.42 Å². The Balaban J connectivity index is 1.19. The molecule has 9 nitrogen and oxygen atoms in total. The molecule has 3 aromatic heterocycles. The minimum absolute atomic E-state index is 0.0000294. The highest BCUT2D eigenvalue weighted by atomic mass is 35.5. The quantitative estimate of drug-likeness (QED) is 0.376. The second-order valence-corrected chi connectivity index (χ2v) is 11.0.